The molecule has 1 aromatic carbocycles. The Morgan fingerprint density at radius 2 is 2.03 bits per heavy atom. The molecule has 2 aromatic rings. The molecule has 1 amide bonds. The Morgan fingerprint density at radius 1 is 1.21 bits per heavy atom. The van der Waals surface area contributed by atoms with Crippen molar-refractivity contribution in [2.24, 2.45) is 17.6 Å². The third kappa shape index (κ3) is 5.37. The van der Waals surface area contributed by atoms with Gasteiger partial charge in [-0.3, -0.25) is 4.90 Å². The Labute approximate surface area is 233 Å². The quantitative estimate of drug-likeness (QED) is 0.345. The number of benzene rings is 1. The van der Waals surface area contributed by atoms with Crippen LogP contribution in [-0.4, -0.2) is 72.6 Å². The average Bonchev–Trinajstić information content (AvgIpc) is 3.46. The highest BCUT2D eigenvalue weighted by atomic mass is 35.5. The summed E-state index contributed by atoms with van der Waals surface area (Å²) < 4.78 is 16.8. The van der Waals surface area contributed by atoms with Crippen LogP contribution in [0.3, 0.4) is 0 Å². The first-order valence-electron chi connectivity index (χ1n) is 13.7. The predicted molar refractivity (Wildman–Crippen MR) is 149 cm³/mol. The van der Waals surface area contributed by atoms with E-state index in [9.17, 15) is 4.79 Å². The molecular weight excluding hydrogens is 520 g/mol. The topological polar surface area (TPSA) is 124 Å². The van der Waals surface area contributed by atoms with Crippen LogP contribution in [0.15, 0.2) is 30.5 Å². The van der Waals surface area contributed by atoms with Gasteiger partial charge >= 0.3 is 6.09 Å². The number of ether oxygens (including phenoxy) is 3. The minimum Gasteiger partial charge on any atom is -0.496 e. The number of carbonyl (C=O) groups excluding carboxylic acids is 1. The van der Waals surface area contributed by atoms with Crippen LogP contribution in [0.5, 0.6) is 5.75 Å². The van der Waals surface area contributed by atoms with E-state index in [-0.39, 0.29) is 24.0 Å². The number of halogens is 1. The van der Waals surface area contributed by atoms with Crippen LogP contribution in [0.4, 0.5) is 22.2 Å². The Balaban J connectivity index is 1.26. The molecule has 0 spiro atoms. The normalized spacial score (nSPS) is 28.0. The number of hydrogen-bond acceptors (Lipinski definition) is 9. The number of fused-ring (bicyclic) bond motifs is 3. The largest absolute Gasteiger partial charge is 0.496 e. The molecule has 208 valence electrons. The van der Waals surface area contributed by atoms with Crippen LogP contribution in [0.25, 0.3) is 0 Å². The molecule has 4 aliphatic rings. The second kappa shape index (κ2) is 11.2. The van der Waals surface area contributed by atoms with Gasteiger partial charge in [0.25, 0.3) is 0 Å². The molecule has 2 fully saturated rings. The first kappa shape index (κ1) is 26.2. The Hall–Kier alpha value is -3.08. The van der Waals surface area contributed by atoms with Crippen molar-refractivity contribution in [2.45, 2.75) is 50.3 Å². The van der Waals surface area contributed by atoms with Crippen molar-refractivity contribution in [3.8, 4) is 5.75 Å². The van der Waals surface area contributed by atoms with Gasteiger partial charge in [0.1, 0.15) is 16.9 Å². The number of nitrogens with two attached hydrogens (primary N) is 1. The summed E-state index contributed by atoms with van der Waals surface area (Å²) in [4.78, 5) is 23.3. The van der Waals surface area contributed by atoms with Crippen LogP contribution in [-0.2, 0) is 22.3 Å². The van der Waals surface area contributed by atoms with Gasteiger partial charge in [0, 0.05) is 36.7 Å². The zero-order valence-corrected chi connectivity index (χ0v) is 22.8. The van der Waals surface area contributed by atoms with Crippen molar-refractivity contribution in [1.82, 2.24) is 14.9 Å². The molecule has 2 bridgehead atoms. The van der Waals surface area contributed by atoms with Gasteiger partial charge in [-0.2, -0.15) is 4.98 Å². The van der Waals surface area contributed by atoms with Crippen LogP contribution >= 0.6 is 11.6 Å². The lowest BCUT2D eigenvalue weighted by Crippen LogP contribution is -2.44. The molecule has 3 aliphatic carbocycles. The molecule has 6 rings (SSSR count). The van der Waals surface area contributed by atoms with E-state index >= 15 is 0 Å². The van der Waals surface area contributed by atoms with Gasteiger partial charge < -0.3 is 30.6 Å². The standard InChI is InChI=1S/C28H35ClN6O4/c1-37-23-8-7-22(20-14-18(3-2-4-19(20)23)35-9-11-38-12-10-35)32-28-31-15-21(29)26(34-28)33-24-16-5-6-17(13-16)25(24)39-27(30)36/h5-8,15-18,24-25H,2-4,9-14H2,1H3,(H2,30,36)(H2,31,32,33,34). The number of aromatic nitrogens is 2. The molecule has 0 radical (unpaired) electrons. The fourth-order valence-corrected chi connectivity index (χ4v) is 6.81. The molecule has 5 atom stereocenters. The van der Waals surface area contributed by atoms with Gasteiger partial charge in [0.2, 0.25) is 5.95 Å². The molecule has 2 heterocycles. The van der Waals surface area contributed by atoms with Crippen molar-refractivity contribution < 1.29 is 19.0 Å². The Bertz CT molecular complexity index is 1250. The van der Waals surface area contributed by atoms with E-state index in [4.69, 9.17) is 36.5 Å². The number of morpholine rings is 1. The first-order valence-corrected chi connectivity index (χ1v) is 14.1. The Kier molecular flexibility index (Phi) is 7.51. The van der Waals surface area contributed by atoms with Crippen LogP contribution in [0.2, 0.25) is 5.02 Å². The SMILES string of the molecule is COc1ccc(Nc2ncc(Cl)c(NC3C4C=CC(C4)C3OC(N)=O)n2)c2c1CCCC(N1CCOCC1)C2. The smallest absolute Gasteiger partial charge is 0.404 e. The molecule has 1 aliphatic heterocycles. The molecule has 39 heavy (non-hydrogen) atoms. The van der Waals surface area contributed by atoms with Crippen molar-refractivity contribution >= 4 is 35.1 Å². The number of nitrogens with one attached hydrogen (secondary N) is 2. The highest BCUT2D eigenvalue weighted by Crippen LogP contribution is 2.43. The van der Waals surface area contributed by atoms with Crippen molar-refractivity contribution in [3.05, 3.63) is 46.6 Å². The lowest BCUT2D eigenvalue weighted by Gasteiger charge is -2.34. The number of rotatable bonds is 7. The fourth-order valence-electron chi connectivity index (χ4n) is 6.66. The summed E-state index contributed by atoms with van der Waals surface area (Å²) in [5.41, 5.74) is 8.80. The zero-order valence-electron chi connectivity index (χ0n) is 22.1. The highest BCUT2D eigenvalue weighted by molar-refractivity contribution is 6.32. The number of amides is 1. The molecule has 11 heteroatoms. The van der Waals surface area contributed by atoms with Gasteiger partial charge in [0.05, 0.1) is 32.6 Å². The second-order valence-electron chi connectivity index (χ2n) is 10.7. The van der Waals surface area contributed by atoms with E-state index in [1.54, 1.807) is 13.3 Å². The lowest BCUT2D eigenvalue weighted by molar-refractivity contribution is 0.0150. The molecule has 5 unspecified atom stereocenters. The lowest BCUT2D eigenvalue weighted by atomic mass is 9.97. The molecule has 10 nitrogen and oxygen atoms in total. The van der Waals surface area contributed by atoms with E-state index in [0.717, 1.165) is 69.8 Å². The van der Waals surface area contributed by atoms with Crippen LogP contribution in [0.1, 0.15) is 30.4 Å². The van der Waals surface area contributed by atoms with Gasteiger partial charge in [-0.1, -0.05) is 23.8 Å². The van der Waals surface area contributed by atoms with Crippen LogP contribution in [0, 0.1) is 11.8 Å². The average molecular weight is 555 g/mol. The number of nitrogens with zero attached hydrogens (tertiary/aromatic N) is 3. The molecule has 1 aromatic heterocycles. The number of anilines is 3. The predicted octanol–water partition coefficient (Wildman–Crippen LogP) is 3.91. The van der Waals surface area contributed by atoms with E-state index in [1.165, 1.54) is 11.1 Å². The number of carbonyl (C=O) groups is 1. The minimum absolute atomic E-state index is 0.132. The summed E-state index contributed by atoms with van der Waals surface area (Å²) in [6.45, 7) is 3.48. The Morgan fingerprint density at radius 3 is 2.82 bits per heavy atom. The van der Waals surface area contributed by atoms with Gasteiger partial charge in [-0.15, -0.1) is 0 Å². The summed E-state index contributed by atoms with van der Waals surface area (Å²) in [5.74, 6) is 2.18. The second-order valence-corrected chi connectivity index (χ2v) is 11.1. The monoisotopic (exact) mass is 554 g/mol. The first-order chi connectivity index (χ1) is 19.0. The number of hydrogen-bond donors (Lipinski definition) is 3. The molecule has 4 N–H and O–H groups in total. The number of methoxy groups -OCH3 is 1. The minimum atomic E-state index is -0.778. The molecular formula is C28H35ClN6O4. The van der Waals surface area contributed by atoms with E-state index < -0.39 is 6.09 Å². The maximum Gasteiger partial charge on any atom is 0.404 e. The highest BCUT2D eigenvalue weighted by Gasteiger charge is 2.47. The summed E-state index contributed by atoms with van der Waals surface area (Å²) >= 11 is 6.52. The summed E-state index contributed by atoms with van der Waals surface area (Å²) in [7, 11) is 1.73. The number of primary amides is 1. The van der Waals surface area contributed by atoms with Crippen molar-refractivity contribution in [1.29, 1.82) is 0 Å². The van der Waals surface area contributed by atoms with Crippen molar-refractivity contribution in [3.63, 3.8) is 0 Å². The van der Waals surface area contributed by atoms with Crippen molar-refractivity contribution in [2.75, 3.05) is 44.0 Å². The third-order valence-electron chi connectivity index (χ3n) is 8.51. The molecule has 1 saturated heterocycles. The van der Waals surface area contributed by atoms with E-state index in [0.29, 0.717) is 22.8 Å². The zero-order chi connectivity index (χ0) is 26.9. The maximum atomic E-state index is 11.5. The van der Waals surface area contributed by atoms with Crippen LogP contribution < -0.4 is 21.1 Å². The summed E-state index contributed by atoms with van der Waals surface area (Å²) in [6.07, 6.45) is 9.69. The fraction of sp³-hybridized carbons (Fsp3) is 0.536. The third-order valence-corrected chi connectivity index (χ3v) is 8.78. The van der Waals surface area contributed by atoms with Gasteiger partial charge in [-0.05, 0) is 55.4 Å². The van der Waals surface area contributed by atoms with Gasteiger partial charge in [-0.25, -0.2) is 9.78 Å². The maximum absolute atomic E-state index is 11.5. The summed E-state index contributed by atoms with van der Waals surface area (Å²) in [6, 6.07) is 4.33. The summed E-state index contributed by atoms with van der Waals surface area (Å²) in [5, 5.41) is 7.28. The van der Waals surface area contributed by atoms with E-state index in [2.05, 4.69) is 32.7 Å². The van der Waals surface area contributed by atoms with Gasteiger partial charge in [0.15, 0.2) is 5.82 Å². The van der Waals surface area contributed by atoms with E-state index in [1.807, 2.05) is 12.1 Å². The molecule has 1 saturated carbocycles.